The van der Waals surface area contributed by atoms with Gasteiger partial charge in [0.15, 0.2) is 5.75 Å². The molecule has 204 valence electrons. The molecule has 4 rings (SSSR count). The number of hydrogen-bond acceptors (Lipinski definition) is 9. The number of nitrogens with two attached hydrogens (primary N) is 1. The number of aromatic amines is 1. The predicted octanol–water partition coefficient (Wildman–Crippen LogP) is 4.28. The molecule has 0 aliphatic carbocycles. The number of aromatic nitrogens is 2. The molecule has 0 fully saturated rings. The van der Waals surface area contributed by atoms with Gasteiger partial charge in [0.1, 0.15) is 22.0 Å². The molecule has 39 heavy (non-hydrogen) atoms. The molecule has 0 unspecified atom stereocenters. The third kappa shape index (κ3) is 5.84. The number of nitro benzene ring substituents is 1. The summed E-state index contributed by atoms with van der Waals surface area (Å²) in [6.07, 6.45) is 3.04. The van der Waals surface area contributed by atoms with Crippen LogP contribution in [0.5, 0.6) is 11.5 Å². The van der Waals surface area contributed by atoms with Gasteiger partial charge < -0.3 is 25.5 Å². The lowest BCUT2D eigenvalue weighted by atomic mass is 9.95. The quantitative estimate of drug-likeness (QED) is 0.180. The molecule has 1 amide bonds. The highest BCUT2D eigenvalue weighted by atomic mass is 32.2. The Labute approximate surface area is 224 Å². The fourth-order valence-corrected chi connectivity index (χ4v) is 5.42. The third-order valence-corrected chi connectivity index (χ3v) is 7.67. The molecule has 2 aromatic carbocycles. The van der Waals surface area contributed by atoms with Gasteiger partial charge in [-0.1, -0.05) is 19.9 Å². The Morgan fingerprint density at radius 2 is 1.97 bits per heavy atom. The van der Waals surface area contributed by atoms with Crippen molar-refractivity contribution in [3.8, 4) is 11.5 Å². The van der Waals surface area contributed by atoms with E-state index in [9.17, 15) is 23.3 Å². The number of ether oxygens (including phenoxy) is 2. The van der Waals surface area contributed by atoms with Gasteiger partial charge in [-0.15, -0.1) is 0 Å². The van der Waals surface area contributed by atoms with E-state index in [1.165, 1.54) is 36.5 Å². The first-order chi connectivity index (χ1) is 18.4. The number of hydrogen-bond donors (Lipinski definition) is 3. The number of para-hydroxylation sites is 1. The first-order valence-corrected chi connectivity index (χ1v) is 13.2. The van der Waals surface area contributed by atoms with Gasteiger partial charge in [-0.05, 0) is 36.4 Å². The van der Waals surface area contributed by atoms with Crippen molar-refractivity contribution >= 4 is 38.2 Å². The molecule has 13 heteroatoms. The molecule has 4 N–H and O–H groups in total. The van der Waals surface area contributed by atoms with Gasteiger partial charge in [0.2, 0.25) is 9.84 Å². The van der Waals surface area contributed by atoms with E-state index in [4.69, 9.17) is 15.2 Å². The predicted molar refractivity (Wildman–Crippen MR) is 144 cm³/mol. The van der Waals surface area contributed by atoms with Crippen molar-refractivity contribution in [2.24, 2.45) is 11.1 Å². The summed E-state index contributed by atoms with van der Waals surface area (Å²) in [4.78, 5) is 29.8. The van der Waals surface area contributed by atoms with E-state index in [0.29, 0.717) is 24.2 Å². The van der Waals surface area contributed by atoms with Crippen LogP contribution < -0.4 is 15.8 Å². The summed E-state index contributed by atoms with van der Waals surface area (Å²) >= 11 is 0. The number of methoxy groups -OCH3 is 1. The van der Waals surface area contributed by atoms with Crippen molar-refractivity contribution in [3.63, 3.8) is 0 Å². The van der Waals surface area contributed by atoms with Gasteiger partial charge in [-0.3, -0.25) is 14.9 Å². The zero-order valence-electron chi connectivity index (χ0n) is 21.4. The molecule has 0 aliphatic heterocycles. The lowest BCUT2D eigenvalue weighted by molar-refractivity contribution is -0.384. The van der Waals surface area contributed by atoms with E-state index in [1.54, 1.807) is 25.4 Å². The van der Waals surface area contributed by atoms with Crippen molar-refractivity contribution in [3.05, 3.63) is 76.6 Å². The molecule has 0 saturated heterocycles. The number of sulfone groups is 1. The number of H-pyrrole nitrogens is 1. The number of benzene rings is 2. The van der Waals surface area contributed by atoms with Crippen molar-refractivity contribution in [1.29, 1.82) is 0 Å². The SMILES string of the molecule is COCC(C)(C)CNc1ccc(S(=O)(=O)c2cccc(C(N)=O)c2Oc2cnc3[nH]ccc3c2)cc1[N+](=O)[O-]. The molecule has 0 spiro atoms. The number of fused-ring (bicyclic) bond motifs is 1. The summed E-state index contributed by atoms with van der Waals surface area (Å²) < 4.78 is 38.6. The number of nitro groups is 1. The highest BCUT2D eigenvalue weighted by molar-refractivity contribution is 7.91. The number of amides is 1. The van der Waals surface area contributed by atoms with Crippen molar-refractivity contribution in [2.45, 2.75) is 23.6 Å². The zero-order valence-corrected chi connectivity index (χ0v) is 22.2. The zero-order chi connectivity index (χ0) is 28.4. The highest BCUT2D eigenvalue weighted by Gasteiger charge is 2.29. The van der Waals surface area contributed by atoms with Crippen LogP contribution in [0.3, 0.4) is 0 Å². The number of nitrogens with one attached hydrogen (secondary N) is 2. The van der Waals surface area contributed by atoms with E-state index in [2.05, 4.69) is 15.3 Å². The largest absolute Gasteiger partial charge is 0.453 e. The van der Waals surface area contributed by atoms with E-state index in [-0.39, 0.29) is 38.0 Å². The molecule has 2 heterocycles. The second kappa shape index (κ2) is 10.7. The summed E-state index contributed by atoms with van der Waals surface area (Å²) in [5.41, 5.74) is 5.31. The highest BCUT2D eigenvalue weighted by Crippen LogP contribution is 2.38. The van der Waals surface area contributed by atoms with Crippen LogP contribution in [0.15, 0.2) is 70.7 Å². The van der Waals surface area contributed by atoms with Crippen LogP contribution in [0.2, 0.25) is 0 Å². The van der Waals surface area contributed by atoms with Crippen LogP contribution in [0, 0.1) is 15.5 Å². The summed E-state index contributed by atoms with van der Waals surface area (Å²) in [5.74, 6) is -1.06. The van der Waals surface area contributed by atoms with Crippen LogP contribution in [-0.2, 0) is 14.6 Å². The molecule has 4 aromatic rings. The van der Waals surface area contributed by atoms with Gasteiger partial charge in [-0.2, -0.15) is 0 Å². The Morgan fingerprint density at radius 3 is 2.67 bits per heavy atom. The normalized spacial score (nSPS) is 11.9. The van der Waals surface area contributed by atoms with Crippen molar-refractivity contribution < 1.29 is 27.6 Å². The van der Waals surface area contributed by atoms with Gasteiger partial charge in [0.05, 0.1) is 28.2 Å². The minimum absolute atomic E-state index is 0.149. The lowest BCUT2D eigenvalue weighted by Crippen LogP contribution is -2.28. The molecule has 12 nitrogen and oxygen atoms in total. The number of pyridine rings is 1. The van der Waals surface area contributed by atoms with E-state index < -0.39 is 26.4 Å². The molecule has 0 bridgehead atoms. The maximum Gasteiger partial charge on any atom is 0.293 e. The van der Waals surface area contributed by atoms with Crippen LogP contribution in [0.1, 0.15) is 24.2 Å². The average Bonchev–Trinajstić information content (AvgIpc) is 3.35. The monoisotopic (exact) mass is 553 g/mol. The topological polar surface area (TPSA) is 180 Å². The Bertz CT molecular complexity index is 1660. The van der Waals surface area contributed by atoms with E-state index in [1.807, 2.05) is 13.8 Å². The second-order valence-corrected chi connectivity index (χ2v) is 11.5. The van der Waals surface area contributed by atoms with Crippen molar-refractivity contribution in [2.75, 3.05) is 25.6 Å². The number of primary amides is 1. The van der Waals surface area contributed by atoms with Crippen molar-refractivity contribution in [1.82, 2.24) is 9.97 Å². The number of nitrogens with zero attached hydrogens (tertiary/aromatic N) is 2. The maximum atomic E-state index is 13.8. The van der Waals surface area contributed by atoms with Crippen LogP contribution in [0.25, 0.3) is 11.0 Å². The molecule has 0 saturated carbocycles. The molecule has 0 aliphatic rings. The molecule has 0 atom stereocenters. The van der Waals surface area contributed by atoms with Crippen LogP contribution in [0.4, 0.5) is 11.4 Å². The Hall–Kier alpha value is -4.49. The summed E-state index contributed by atoms with van der Waals surface area (Å²) in [7, 11) is -2.85. The van der Waals surface area contributed by atoms with Crippen LogP contribution >= 0.6 is 0 Å². The second-order valence-electron chi connectivity index (χ2n) is 9.58. The van der Waals surface area contributed by atoms with E-state index in [0.717, 1.165) is 6.07 Å². The fourth-order valence-electron chi connectivity index (χ4n) is 4.00. The van der Waals surface area contributed by atoms with E-state index >= 15 is 0 Å². The molecule has 2 aromatic heterocycles. The first kappa shape index (κ1) is 27.5. The number of carbonyl (C=O) groups excluding carboxylic acids is 1. The van der Waals surface area contributed by atoms with Gasteiger partial charge in [-0.25, -0.2) is 13.4 Å². The maximum absolute atomic E-state index is 13.8. The molecular formula is C26H27N5O7S. The number of rotatable bonds is 11. The summed E-state index contributed by atoms with van der Waals surface area (Å²) in [5, 5.41) is 15.6. The summed E-state index contributed by atoms with van der Waals surface area (Å²) in [6, 6.07) is 10.8. The first-order valence-electron chi connectivity index (χ1n) is 11.7. The smallest absolute Gasteiger partial charge is 0.293 e. The average molecular weight is 554 g/mol. The Morgan fingerprint density at radius 1 is 1.21 bits per heavy atom. The lowest BCUT2D eigenvalue weighted by Gasteiger charge is -2.24. The minimum atomic E-state index is -4.41. The van der Waals surface area contributed by atoms with Crippen LogP contribution in [-0.4, -0.2) is 49.5 Å². The van der Waals surface area contributed by atoms with Gasteiger partial charge >= 0.3 is 0 Å². The summed E-state index contributed by atoms with van der Waals surface area (Å²) in [6.45, 7) is 4.59. The standard InChI is InChI=1S/C26H27N5O7S/c1-26(2,15-37-3)14-30-20-8-7-18(12-21(20)31(33)34)39(35,36)22-6-4-5-19(24(27)32)23(22)38-17-11-16-9-10-28-25(16)29-13-17/h4-13,30H,14-15H2,1-3H3,(H2,27,32)(H,28,29). The van der Waals surface area contributed by atoms with Gasteiger partial charge in [0, 0.05) is 36.7 Å². The molecular weight excluding hydrogens is 526 g/mol. The number of carbonyl (C=O) groups is 1. The Balaban J connectivity index is 1.77. The Kier molecular flexibility index (Phi) is 7.56. The number of anilines is 1. The minimum Gasteiger partial charge on any atom is -0.453 e. The fraction of sp³-hybridized carbons (Fsp3) is 0.231. The third-order valence-electron chi connectivity index (χ3n) is 5.90. The van der Waals surface area contributed by atoms with Gasteiger partial charge in [0.25, 0.3) is 11.6 Å². The molecule has 0 radical (unpaired) electrons.